The second kappa shape index (κ2) is 5.84. The van der Waals surface area contributed by atoms with Gasteiger partial charge in [-0.25, -0.2) is 0 Å². The van der Waals surface area contributed by atoms with Crippen LogP contribution in [0.2, 0.25) is 0 Å². The molecule has 5 nitrogen and oxygen atoms in total. The third kappa shape index (κ3) is 3.99. The lowest BCUT2D eigenvalue weighted by Gasteiger charge is -1.88. The molecule has 1 aromatic rings. The number of carbonyl (C=O) groups excluding carboxylic acids is 2. The van der Waals surface area contributed by atoms with Crippen LogP contribution < -0.4 is 11.5 Å². The summed E-state index contributed by atoms with van der Waals surface area (Å²) < 4.78 is 0. The SMILES string of the molecule is NC(=O)c1cccnc1.NC=O. The minimum atomic E-state index is -0.442. The van der Waals surface area contributed by atoms with E-state index < -0.39 is 5.91 Å². The fourth-order valence-corrected chi connectivity index (χ4v) is 0.509. The normalized spacial score (nSPS) is 7.67. The number of amides is 2. The molecule has 0 radical (unpaired) electrons. The number of primary amides is 2. The number of nitrogens with two attached hydrogens (primary N) is 2. The molecule has 0 spiro atoms. The van der Waals surface area contributed by atoms with Crippen molar-refractivity contribution in [3.63, 3.8) is 0 Å². The molecule has 1 rings (SSSR count). The molecule has 0 fully saturated rings. The lowest BCUT2D eigenvalue weighted by molar-refractivity contribution is -0.106. The maximum atomic E-state index is 10.4. The van der Waals surface area contributed by atoms with Gasteiger partial charge in [0, 0.05) is 12.4 Å². The van der Waals surface area contributed by atoms with E-state index in [1.54, 1.807) is 18.3 Å². The number of aromatic nitrogens is 1. The maximum absolute atomic E-state index is 10.4. The van der Waals surface area contributed by atoms with E-state index in [1.807, 2.05) is 0 Å². The van der Waals surface area contributed by atoms with E-state index in [9.17, 15) is 4.79 Å². The molecule has 0 atom stereocenters. The molecular formula is C7H9N3O2. The Labute approximate surface area is 69.4 Å². The lowest BCUT2D eigenvalue weighted by Crippen LogP contribution is -2.10. The van der Waals surface area contributed by atoms with Gasteiger partial charge in [-0.15, -0.1) is 0 Å². The van der Waals surface area contributed by atoms with Crippen molar-refractivity contribution in [1.29, 1.82) is 0 Å². The van der Waals surface area contributed by atoms with Crippen LogP contribution in [-0.4, -0.2) is 17.3 Å². The Bertz CT molecular complexity index is 248. The predicted molar refractivity (Wildman–Crippen MR) is 43.0 cm³/mol. The zero-order valence-corrected chi connectivity index (χ0v) is 6.31. The molecule has 0 aliphatic rings. The highest BCUT2D eigenvalue weighted by atomic mass is 16.1. The molecule has 12 heavy (non-hydrogen) atoms. The van der Waals surface area contributed by atoms with E-state index in [2.05, 4.69) is 10.7 Å². The molecule has 0 saturated carbocycles. The highest BCUT2D eigenvalue weighted by Gasteiger charge is 1.94. The predicted octanol–water partition coefficient (Wildman–Crippen LogP) is -0.718. The summed E-state index contributed by atoms with van der Waals surface area (Å²) in [4.78, 5) is 22.7. The van der Waals surface area contributed by atoms with Crippen LogP contribution in [0.5, 0.6) is 0 Å². The van der Waals surface area contributed by atoms with Crippen LogP contribution in [0.3, 0.4) is 0 Å². The summed E-state index contributed by atoms with van der Waals surface area (Å²) in [6.45, 7) is 0. The first-order valence-electron chi connectivity index (χ1n) is 3.07. The van der Waals surface area contributed by atoms with Gasteiger partial charge in [0.05, 0.1) is 5.56 Å². The molecule has 2 amide bonds. The standard InChI is InChI=1S/C6H6N2O.CH3NO/c7-6(9)5-2-1-3-8-4-5;2-1-3/h1-4H,(H2,7,9);1H,(H2,2,3). The second-order valence-electron chi connectivity index (χ2n) is 1.74. The van der Waals surface area contributed by atoms with Crippen molar-refractivity contribution in [1.82, 2.24) is 4.98 Å². The molecule has 1 heterocycles. The number of nitrogens with zero attached hydrogens (tertiary/aromatic N) is 1. The Kier molecular flexibility index (Phi) is 4.91. The highest BCUT2D eigenvalue weighted by molar-refractivity contribution is 5.92. The number of hydrogen-bond acceptors (Lipinski definition) is 3. The van der Waals surface area contributed by atoms with E-state index in [0.717, 1.165) is 0 Å². The fraction of sp³-hybridized carbons (Fsp3) is 0. The molecular weight excluding hydrogens is 158 g/mol. The number of carbonyl (C=O) groups is 2. The second-order valence-corrected chi connectivity index (χ2v) is 1.74. The van der Waals surface area contributed by atoms with Crippen molar-refractivity contribution in [2.75, 3.05) is 0 Å². The van der Waals surface area contributed by atoms with E-state index in [4.69, 9.17) is 10.5 Å². The fourth-order valence-electron chi connectivity index (χ4n) is 0.509. The smallest absolute Gasteiger partial charge is 0.250 e. The van der Waals surface area contributed by atoms with Crippen molar-refractivity contribution >= 4 is 12.3 Å². The van der Waals surface area contributed by atoms with Gasteiger partial charge in [-0.1, -0.05) is 0 Å². The highest BCUT2D eigenvalue weighted by Crippen LogP contribution is 1.91. The van der Waals surface area contributed by atoms with Gasteiger partial charge >= 0.3 is 0 Å². The number of hydrogen-bond donors (Lipinski definition) is 2. The quantitative estimate of drug-likeness (QED) is 0.540. The molecule has 0 aromatic carbocycles. The average Bonchev–Trinajstić information content (AvgIpc) is 2.07. The van der Waals surface area contributed by atoms with Gasteiger partial charge in [0.1, 0.15) is 0 Å². The maximum Gasteiger partial charge on any atom is 0.250 e. The zero-order chi connectivity index (χ0) is 9.40. The first kappa shape index (κ1) is 10.1. The molecule has 0 saturated heterocycles. The summed E-state index contributed by atoms with van der Waals surface area (Å²) in [6, 6.07) is 3.29. The van der Waals surface area contributed by atoms with Crippen LogP contribution >= 0.6 is 0 Å². The van der Waals surface area contributed by atoms with Gasteiger partial charge < -0.3 is 11.5 Å². The van der Waals surface area contributed by atoms with Crippen LogP contribution in [0.25, 0.3) is 0 Å². The average molecular weight is 167 g/mol. The molecule has 1 aromatic heterocycles. The van der Waals surface area contributed by atoms with Gasteiger partial charge in [0.25, 0.3) is 0 Å². The Morgan fingerprint density at radius 3 is 2.42 bits per heavy atom. The molecule has 0 bridgehead atoms. The summed E-state index contributed by atoms with van der Waals surface area (Å²) in [5.41, 5.74) is 9.54. The van der Waals surface area contributed by atoms with Crippen LogP contribution in [0.1, 0.15) is 10.4 Å². The molecule has 5 heteroatoms. The molecule has 0 aliphatic carbocycles. The lowest BCUT2D eigenvalue weighted by atomic mass is 10.3. The molecule has 64 valence electrons. The Morgan fingerprint density at radius 2 is 2.17 bits per heavy atom. The Morgan fingerprint density at radius 1 is 1.58 bits per heavy atom. The molecule has 0 aliphatic heterocycles. The topological polar surface area (TPSA) is 99.1 Å². The van der Waals surface area contributed by atoms with E-state index in [-0.39, 0.29) is 6.41 Å². The van der Waals surface area contributed by atoms with E-state index in [0.29, 0.717) is 5.56 Å². The summed E-state index contributed by atoms with van der Waals surface area (Å²) in [5.74, 6) is -0.442. The van der Waals surface area contributed by atoms with Crippen LogP contribution in [0.15, 0.2) is 24.5 Å². The Hall–Kier alpha value is -1.91. The van der Waals surface area contributed by atoms with Crippen LogP contribution in [-0.2, 0) is 4.79 Å². The first-order chi connectivity index (χ1) is 5.72. The van der Waals surface area contributed by atoms with Gasteiger partial charge in [-0.05, 0) is 12.1 Å². The third-order valence-corrected chi connectivity index (χ3v) is 0.946. The van der Waals surface area contributed by atoms with E-state index in [1.165, 1.54) is 6.20 Å². The summed E-state index contributed by atoms with van der Waals surface area (Å²) >= 11 is 0. The minimum Gasteiger partial charge on any atom is -0.372 e. The van der Waals surface area contributed by atoms with Gasteiger partial charge in [0.2, 0.25) is 12.3 Å². The van der Waals surface area contributed by atoms with Crippen LogP contribution in [0, 0.1) is 0 Å². The van der Waals surface area contributed by atoms with Crippen molar-refractivity contribution in [2.24, 2.45) is 11.5 Å². The third-order valence-electron chi connectivity index (χ3n) is 0.946. The van der Waals surface area contributed by atoms with Gasteiger partial charge in [0.15, 0.2) is 0 Å². The monoisotopic (exact) mass is 167 g/mol. The Balaban J connectivity index is 0.000000354. The van der Waals surface area contributed by atoms with Crippen LogP contribution in [0.4, 0.5) is 0 Å². The summed E-state index contributed by atoms with van der Waals surface area (Å²) in [6.07, 6.45) is 3.27. The number of pyridine rings is 1. The summed E-state index contributed by atoms with van der Waals surface area (Å²) in [5, 5.41) is 0. The minimum absolute atomic E-state index is 0.250. The number of rotatable bonds is 1. The van der Waals surface area contributed by atoms with Crippen molar-refractivity contribution in [3.05, 3.63) is 30.1 Å². The van der Waals surface area contributed by atoms with Crippen molar-refractivity contribution in [2.45, 2.75) is 0 Å². The van der Waals surface area contributed by atoms with Crippen molar-refractivity contribution in [3.8, 4) is 0 Å². The first-order valence-corrected chi connectivity index (χ1v) is 3.07. The van der Waals surface area contributed by atoms with E-state index >= 15 is 0 Å². The van der Waals surface area contributed by atoms with Gasteiger partial charge in [-0.2, -0.15) is 0 Å². The largest absolute Gasteiger partial charge is 0.372 e. The molecule has 0 unspecified atom stereocenters. The molecule has 4 N–H and O–H groups in total. The van der Waals surface area contributed by atoms with Gasteiger partial charge in [-0.3, -0.25) is 14.6 Å². The zero-order valence-electron chi connectivity index (χ0n) is 6.31. The van der Waals surface area contributed by atoms with Crippen molar-refractivity contribution < 1.29 is 9.59 Å². The summed E-state index contributed by atoms with van der Waals surface area (Å²) in [7, 11) is 0.